The van der Waals surface area contributed by atoms with Crippen LogP contribution in [0.4, 0.5) is 0 Å². The third kappa shape index (κ3) is 6.18. The van der Waals surface area contributed by atoms with E-state index in [1.807, 2.05) is 24.3 Å². The van der Waals surface area contributed by atoms with Crippen LogP contribution in [0.15, 0.2) is 42.5 Å². The molecule has 0 aromatic heterocycles. The molecule has 1 atom stereocenters. The van der Waals surface area contributed by atoms with E-state index in [9.17, 15) is 9.59 Å². The molecule has 1 N–H and O–H groups in total. The second kappa shape index (κ2) is 9.83. The number of amides is 1. The normalized spacial score (nSPS) is 11.4. The number of carbonyl (C=O) groups is 2. The van der Waals surface area contributed by atoms with Gasteiger partial charge in [-0.2, -0.15) is 0 Å². The summed E-state index contributed by atoms with van der Waals surface area (Å²) >= 11 is 5.95. The molecule has 0 spiro atoms. The van der Waals surface area contributed by atoms with Gasteiger partial charge in [0.05, 0.1) is 20.6 Å². The van der Waals surface area contributed by atoms with Gasteiger partial charge in [-0.15, -0.1) is 0 Å². The zero-order valence-electron chi connectivity index (χ0n) is 15.5. The van der Waals surface area contributed by atoms with Crippen molar-refractivity contribution in [3.05, 3.63) is 58.6 Å². The van der Waals surface area contributed by atoms with Crippen LogP contribution in [0, 0.1) is 0 Å². The Bertz CT molecular complexity index is 791. The highest BCUT2D eigenvalue weighted by atomic mass is 35.5. The van der Waals surface area contributed by atoms with Crippen LogP contribution >= 0.6 is 11.6 Å². The maximum absolute atomic E-state index is 12.1. The topological polar surface area (TPSA) is 73.9 Å². The average Bonchev–Trinajstić information content (AvgIpc) is 2.66. The van der Waals surface area contributed by atoms with Crippen LogP contribution in [-0.4, -0.2) is 32.2 Å². The van der Waals surface area contributed by atoms with Crippen LogP contribution in [0.3, 0.4) is 0 Å². The molecule has 0 aliphatic heterocycles. The van der Waals surface area contributed by atoms with Gasteiger partial charge in [0.2, 0.25) is 0 Å². The number of hydrogen-bond acceptors (Lipinski definition) is 5. The lowest BCUT2D eigenvalue weighted by molar-refractivity contribution is -0.154. The Morgan fingerprint density at radius 3 is 2.41 bits per heavy atom. The summed E-state index contributed by atoms with van der Waals surface area (Å²) in [6, 6.07) is 12.3. The molecule has 1 amide bonds. The maximum atomic E-state index is 12.1. The van der Waals surface area contributed by atoms with E-state index >= 15 is 0 Å². The maximum Gasteiger partial charge on any atom is 0.311 e. The summed E-state index contributed by atoms with van der Waals surface area (Å²) in [5.74, 6) is 0.358. The Kier molecular flexibility index (Phi) is 7.49. The summed E-state index contributed by atoms with van der Waals surface area (Å²) in [5.41, 5.74) is 1.51. The first-order valence-corrected chi connectivity index (χ1v) is 8.73. The van der Waals surface area contributed by atoms with Crippen molar-refractivity contribution in [3.8, 4) is 11.5 Å². The van der Waals surface area contributed by atoms with Crippen molar-refractivity contribution in [3.63, 3.8) is 0 Å². The largest absolute Gasteiger partial charge is 0.497 e. The molecule has 0 heterocycles. The second-order valence-corrected chi connectivity index (χ2v) is 6.27. The molecule has 0 saturated heterocycles. The van der Waals surface area contributed by atoms with Gasteiger partial charge in [-0.25, -0.2) is 0 Å². The molecule has 0 aliphatic rings. The molecule has 0 bridgehead atoms. The highest BCUT2D eigenvalue weighted by Crippen LogP contribution is 2.23. The smallest absolute Gasteiger partial charge is 0.311 e. The molecule has 0 unspecified atom stereocenters. The molecule has 0 radical (unpaired) electrons. The molecule has 6 nitrogen and oxygen atoms in total. The van der Waals surface area contributed by atoms with Crippen molar-refractivity contribution in [2.75, 3.05) is 14.2 Å². The molecule has 2 aromatic carbocycles. The highest BCUT2D eigenvalue weighted by molar-refractivity contribution is 6.30. The summed E-state index contributed by atoms with van der Waals surface area (Å²) < 4.78 is 15.5. The Hall–Kier alpha value is -2.73. The van der Waals surface area contributed by atoms with E-state index in [1.165, 1.54) is 14.0 Å². The summed E-state index contributed by atoms with van der Waals surface area (Å²) in [6.07, 6.45) is -0.958. The van der Waals surface area contributed by atoms with Gasteiger partial charge in [-0.05, 0) is 42.8 Å². The van der Waals surface area contributed by atoms with Gasteiger partial charge in [0.25, 0.3) is 5.91 Å². The second-order valence-electron chi connectivity index (χ2n) is 5.83. The van der Waals surface area contributed by atoms with E-state index in [0.717, 1.165) is 11.3 Å². The van der Waals surface area contributed by atoms with E-state index in [0.29, 0.717) is 22.9 Å². The summed E-state index contributed by atoms with van der Waals surface area (Å²) in [5, 5.41) is 3.22. The Balaban J connectivity index is 1.86. The standard InChI is InChI=1S/C20H22ClNO5/c1-13(20(24)22-12-14-4-7-17(25-2)8-5-14)27-19(23)11-15-10-16(21)6-9-18(15)26-3/h4-10,13H,11-12H2,1-3H3,(H,22,24)/t13-/m0/s1. The van der Waals surface area contributed by atoms with Crippen molar-refractivity contribution >= 4 is 23.5 Å². The van der Waals surface area contributed by atoms with Crippen molar-refractivity contribution in [2.45, 2.75) is 26.0 Å². The minimum absolute atomic E-state index is 0.0418. The number of hydrogen-bond donors (Lipinski definition) is 1. The molecular weight excluding hydrogens is 370 g/mol. The van der Waals surface area contributed by atoms with E-state index < -0.39 is 12.1 Å². The Labute approximate surface area is 163 Å². The van der Waals surface area contributed by atoms with Gasteiger partial charge >= 0.3 is 5.97 Å². The van der Waals surface area contributed by atoms with E-state index in [1.54, 1.807) is 25.3 Å². The van der Waals surface area contributed by atoms with Gasteiger partial charge < -0.3 is 19.5 Å². The number of esters is 1. The minimum Gasteiger partial charge on any atom is -0.497 e. The van der Waals surface area contributed by atoms with E-state index in [-0.39, 0.29) is 12.3 Å². The number of rotatable bonds is 8. The predicted molar refractivity (Wildman–Crippen MR) is 102 cm³/mol. The first-order valence-electron chi connectivity index (χ1n) is 8.35. The van der Waals surface area contributed by atoms with Crippen LogP contribution < -0.4 is 14.8 Å². The lowest BCUT2D eigenvalue weighted by Gasteiger charge is -2.14. The van der Waals surface area contributed by atoms with Crippen LogP contribution in [0.1, 0.15) is 18.1 Å². The fraction of sp³-hybridized carbons (Fsp3) is 0.300. The third-order valence-electron chi connectivity index (χ3n) is 3.88. The van der Waals surface area contributed by atoms with Crippen molar-refractivity contribution in [2.24, 2.45) is 0 Å². The highest BCUT2D eigenvalue weighted by Gasteiger charge is 2.19. The average molecular weight is 392 g/mol. The number of methoxy groups -OCH3 is 2. The van der Waals surface area contributed by atoms with Gasteiger partial charge in [-0.3, -0.25) is 9.59 Å². The van der Waals surface area contributed by atoms with Gasteiger partial charge in [-0.1, -0.05) is 23.7 Å². The van der Waals surface area contributed by atoms with E-state index in [4.69, 9.17) is 25.8 Å². The van der Waals surface area contributed by atoms with Crippen molar-refractivity contribution in [1.82, 2.24) is 5.32 Å². The Morgan fingerprint density at radius 1 is 1.07 bits per heavy atom. The monoisotopic (exact) mass is 391 g/mol. The van der Waals surface area contributed by atoms with Crippen LogP contribution in [0.5, 0.6) is 11.5 Å². The van der Waals surface area contributed by atoms with Gasteiger partial charge in [0, 0.05) is 17.1 Å². The first-order chi connectivity index (χ1) is 12.9. The quantitative estimate of drug-likeness (QED) is 0.700. The number of carbonyl (C=O) groups excluding carboxylic acids is 2. The Morgan fingerprint density at radius 2 is 1.78 bits per heavy atom. The minimum atomic E-state index is -0.916. The molecule has 0 fully saturated rings. The van der Waals surface area contributed by atoms with Crippen LogP contribution in [-0.2, 0) is 27.3 Å². The zero-order valence-corrected chi connectivity index (χ0v) is 16.2. The van der Waals surface area contributed by atoms with Crippen LogP contribution in [0.25, 0.3) is 0 Å². The molecule has 144 valence electrons. The number of benzene rings is 2. The predicted octanol–water partition coefficient (Wildman–Crippen LogP) is 3.15. The van der Waals surface area contributed by atoms with Crippen LogP contribution in [0.2, 0.25) is 5.02 Å². The molecule has 2 rings (SSSR count). The molecule has 0 saturated carbocycles. The number of ether oxygens (including phenoxy) is 3. The lowest BCUT2D eigenvalue weighted by Crippen LogP contribution is -2.35. The van der Waals surface area contributed by atoms with E-state index in [2.05, 4.69) is 5.32 Å². The number of nitrogens with one attached hydrogen (secondary N) is 1. The van der Waals surface area contributed by atoms with Crippen molar-refractivity contribution in [1.29, 1.82) is 0 Å². The molecule has 7 heteroatoms. The number of halogens is 1. The fourth-order valence-corrected chi connectivity index (χ4v) is 2.60. The molecule has 27 heavy (non-hydrogen) atoms. The van der Waals surface area contributed by atoms with Gasteiger partial charge in [0.15, 0.2) is 6.10 Å². The molecule has 2 aromatic rings. The molecular formula is C20H22ClNO5. The summed E-state index contributed by atoms with van der Waals surface area (Å²) in [7, 11) is 3.10. The van der Waals surface area contributed by atoms with Crippen molar-refractivity contribution < 1.29 is 23.8 Å². The molecule has 0 aliphatic carbocycles. The van der Waals surface area contributed by atoms with Gasteiger partial charge in [0.1, 0.15) is 11.5 Å². The lowest BCUT2D eigenvalue weighted by atomic mass is 10.1. The summed E-state index contributed by atoms with van der Waals surface area (Å²) in [4.78, 5) is 24.3. The SMILES string of the molecule is COc1ccc(CNC(=O)[C@H](C)OC(=O)Cc2cc(Cl)ccc2OC)cc1. The zero-order chi connectivity index (χ0) is 19.8. The third-order valence-corrected chi connectivity index (χ3v) is 4.12. The summed E-state index contributed by atoms with van der Waals surface area (Å²) in [6.45, 7) is 1.85. The first kappa shape index (κ1) is 20.6. The fourth-order valence-electron chi connectivity index (χ4n) is 2.41.